The van der Waals surface area contributed by atoms with Crippen LogP contribution in [0.15, 0.2) is 24.3 Å². The molecule has 0 bridgehead atoms. The molecule has 3 nitrogen and oxygen atoms in total. The second-order valence-electron chi connectivity index (χ2n) is 6.72. The van der Waals surface area contributed by atoms with Crippen LogP contribution in [0.5, 0.6) is 0 Å². The number of hydrogen-bond donors (Lipinski definition) is 2. The molecule has 22 heavy (non-hydrogen) atoms. The zero-order valence-corrected chi connectivity index (χ0v) is 13.0. The van der Waals surface area contributed by atoms with Crippen LogP contribution in [0.1, 0.15) is 50.5 Å². The summed E-state index contributed by atoms with van der Waals surface area (Å²) in [6.45, 7) is 1.55. The first-order valence-electron chi connectivity index (χ1n) is 8.45. The fraction of sp³-hybridized carbons (Fsp3) is 0.611. The Morgan fingerprint density at radius 1 is 1.23 bits per heavy atom. The van der Waals surface area contributed by atoms with Crippen molar-refractivity contribution >= 4 is 5.91 Å². The molecule has 0 aromatic heterocycles. The van der Waals surface area contributed by atoms with Gasteiger partial charge >= 0.3 is 0 Å². The van der Waals surface area contributed by atoms with Crippen LogP contribution < -0.4 is 10.6 Å². The summed E-state index contributed by atoms with van der Waals surface area (Å²) in [5, 5.41) is 6.55. The highest BCUT2D eigenvalue weighted by Gasteiger charge is 2.37. The molecule has 1 aliphatic carbocycles. The molecule has 1 aromatic carbocycles. The van der Waals surface area contributed by atoms with Crippen molar-refractivity contribution in [1.82, 2.24) is 10.6 Å². The van der Waals surface area contributed by atoms with Gasteiger partial charge in [0.2, 0.25) is 5.91 Å². The summed E-state index contributed by atoms with van der Waals surface area (Å²) < 4.78 is 14.3. The van der Waals surface area contributed by atoms with Crippen LogP contribution in [0.3, 0.4) is 0 Å². The van der Waals surface area contributed by atoms with E-state index in [1.54, 1.807) is 12.1 Å². The standard InChI is InChI=1S/C18H25FN2O/c19-16-6-2-1-5-15(16)18(10-3-4-11-18)13-21-14-7-8-17(22)20-12-9-14/h1-2,5-6,14,21H,3-4,7-13H2,(H,20,22). The molecule has 1 heterocycles. The molecule has 1 atom stereocenters. The molecule has 2 fully saturated rings. The van der Waals surface area contributed by atoms with Gasteiger partial charge in [0.1, 0.15) is 5.82 Å². The molecular formula is C18H25FN2O. The topological polar surface area (TPSA) is 41.1 Å². The number of benzene rings is 1. The minimum atomic E-state index is -0.0797. The second kappa shape index (κ2) is 6.78. The highest BCUT2D eigenvalue weighted by Crippen LogP contribution is 2.41. The molecule has 0 radical (unpaired) electrons. The largest absolute Gasteiger partial charge is 0.356 e. The van der Waals surface area contributed by atoms with E-state index in [0.29, 0.717) is 12.5 Å². The van der Waals surface area contributed by atoms with E-state index in [4.69, 9.17) is 0 Å². The third-order valence-electron chi connectivity index (χ3n) is 5.27. The second-order valence-corrected chi connectivity index (χ2v) is 6.72. The fourth-order valence-electron chi connectivity index (χ4n) is 3.95. The highest BCUT2D eigenvalue weighted by atomic mass is 19.1. The molecular weight excluding hydrogens is 279 g/mol. The number of carbonyl (C=O) groups excluding carboxylic acids is 1. The van der Waals surface area contributed by atoms with Crippen molar-refractivity contribution in [3.8, 4) is 0 Å². The summed E-state index contributed by atoms with van der Waals surface area (Å²) in [7, 11) is 0. The Balaban J connectivity index is 1.70. The van der Waals surface area contributed by atoms with Gasteiger partial charge in [0.15, 0.2) is 0 Å². The van der Waals surface area contributed by atoms with Gasteiger partial charge in [0, 0.05) is 31.0 Å². The van der Waals surface area contributed by atoms with Gasteiger partial charge in [-0.1, -0.05) is 31.0 Å². The summed E-state index contributed by atoms with van der Waals surface area (Å²) in [5.74, 6) is 0.0675. The average molecular weight is 304 g/mol. The number of nitrogens with one attached hydrogen (secondary N) is 2. The van der Waals surface area contributed by atoms with Crippen LogP contribution in [-0.4, -0.2) is 25.0 Å². The minimum Gasteiger partial charge on any atom is -0.356 e. The Morgan fingerprint density at radius 2 is 2.00 bits per heavy atom. The quantitative estimate of drug-likeness (QED) is 0.898. The third kappa shape index (κ3) is 3.32. The fourth-order valence-corrected chi connectivity index (χ4v) is 3.95. The Hall–Kier alpha value is -1.42. The molecule has 1 aliphatic heterocycles. The summed E-state index contributed by atoms with van der Waals surface area (Å²) in [6.07, 6.45) is 6.85. The van der Waals surface area contributed by atoms with Crippen molar-refractivity contribution in [3.05, 3.63) is 35.6 Å². The monoisotopic (exact) mass is 304 g/mol. The van der Waals surface area contributed by atoms with E-state index in [-0.39, 0.29) is 17.1 Å². The summed E-state index contributed by atoms with van der Waals surface area (Å²) in [5.41, 5.74) is 0.789. The van der Waals surface area contributed by atoms with Crippen LogP contribution in [0.25, 0.3) is 0 Å². The minimum absolute atomic E-state index is 0.0743. The summed E-state index contributed by atoms with van der Waals surface area (Å²) in [4.78, 5) is 11.4. The van der Waals surface area contributed by atoms with Crippen molar-refractivity contribution in [2.24, 2.45) is 0 Å². The SMILES string of the molecule is O=C1CCC(NCC2(c3ccccc3F)CCCC2)CCN1. The Kier molecular flexibility index (Phi) is 4.77. The summed E-state index contributed by atoms with van der Waals surface area (Å²) >= 11 is 0. The zero-order valence-electron chi connectivity index (χ0n) is 13.0. The lowest BCUT2D eigenvalue weighted by Crippen LogP contribution is -2.42. The van der Waals surface area contributed by atoms with E-state index in [2.05, 4.69) is 10.6 Å². The zero-order chi connectivity index (χ0) is 15.4. The molecule has 1 saturated carbocycles. The maximum atomic E-state index is 14.3. The van der Waals surface area contributed by atoms with Gasteiger partial charge in [-0.15, -0.1) is 0 Å². The molecule has 4 heteroatoms. The first kappa shape index (κ1) is 15.5. The Bertz CT molecular complexity index is 526. The smallest absolute Gasteiger partial charge is 0.220 e. The van der Waals surface area contributed by atoms with Crippen LogP contribution in [0.2, 0.25) is 0 Å². The molecule has 3 rings (SSSR count). The van der Waals surface area contributed by atoms with Crippen LogP contribution in [0, 0.1) is 5.82 Å². The van der Waals surface area contributed by atoms with Gasteiger partial charge in [-0.25, -0.2) is 4.39 Å². The van der Waals surface area contributed by atoms with Gasteiger partial charge < -0.3 is 10.6 Å². The van der Waals surface area contributed by atoms with Gasteiger partial charge in [0.25, 0.3) is 0 Å². The van der Waals surface area contributed by atoms with E-state index in [0.717, 1.165) is 44.3 Å². The van der Waals surface area contributed by atoms with E-state index >= 15 is 0 Å². The maximum absolute atomic E-state index is 14.3. The van der Waals surface area contributed by atoms with E-state index in [1.165, 1.54) is 12.8 Å². The molecule has 1 unspecified atom stereocenters. The van der Waals surface area contributed by atoms with Crippen molar-refractivity contribution in [2.45, 2.75) is 56.4 Å². The van der Waals surface area contributed by atoms with Crippen molar-refractivity contribution in [1.29, 1.82) is 0 Å². The van der Waals surface area contributed by atoms with Gasteiger partial charge in [0.05, 0.1) is 0 Å². The summed E-state index contributed by atoms with van der Waals surface area (Å²) in [6, 6.07) is 7.57. The average Bonchev–Trinajstić information content (AvgIpc) is 2.90. The number of halogens is 1. The van der Waals surface area contributed by atoms with E-state index in [9.17, 15) is 9.18 Å². The molecule has 2 N–H and O–H groups in total. The first-order valence-corrected chi connectivity index (χ1v) is 8.45. The van der Waals surface area contributed by atoms with Crippen molar-refractivity contribution in [3.63, 3.8) is 0 Å². The van der Waals surface area contributed by atoms with Crippen molar-refractivity contribution in [2.75, 3.05) is 13.1 Å². The number of rotatable bonds is 4. The molecule has 1 saturated heterocycles. The first-order chi connectivity index (χ1) is 10.7. The van der Waals surface area contributed by atoms with Crippen LogP contribution in [-0.2, 0) is 10.2 Å². The third-order valence-corrected chi connectivity index (χ3v) is 5.27. The lowest BCUT2D eigenvalue weighted by Gasteiger charge is -2.32. The molecule has 120 valence electrons. The lowest BCUT2D eigenvalue weighted by molar-refractivity contribution is -0.120. The Morgan fingerprint density at radius 3 is 2.77 bits per heavy atom. The number of carbonyl (C=O) groups is 1. The van der Waals surface area contributed by atoms with Gasteiger partial charge in [-0.05, 0) is 37.3 Å². The highest BCUT2D eigenvalue weighted by molar-refractivity contribution is 5.76. The molecule has 0 spiro atoms. The predicted molar refractivity (Wildman–Crippen MR) is 85.2 cm³/mol. The number of hydrogen-bond acceptors (Lipinski definition) is 2. The molecule has 1 amide bonds. The van der Waals surface area contributed by atoms with Gasteiger partial charge in [-0.3, -0.25) is 4.79 Å². The van der Waals surface area contributed by atoms with Crippen molar-refractivity contribution < 1.29 is 9.18 Å². The normalized spacial score (nSPS) is 24.8. The van der Waals surface area contributed by atoms with Gasteiger partial charge in [-0.2, -0.15) is 0 Å². The molecule has 1 aromatic rings. The maximum Gasteiger partial charge on any atom is 0.220 e. The molecule has 2 aliphatic rings. The van der Waals surface area contributed by atoms with Crippen LogP contribution in [0.4, 0.5) is 4.39 Å². The van der Waals surface area contributed by atoms with E-state index in [1.807, 2.05) is 12.1 Å². The Labute approximate surface area is 131 Å². The lowest BCUT2D eigenvalue weighted by atomic mass is 9.78. The van der Waals surface area contributed by atoms with Crippen LogP contribution >= 0.6 is 0 Å². The predicted octanol–water partition coefficient (Wildman–Crippen LogP) is 2.90. The number of amides is 1. The van der Waals surface area contributed by atoms with E-state index < -0.39 is 0 Å².